The van der Waals surface area contributed by atoms with E-state index in [0.717, 1.165) is 0 Å². The van der Waals surface area contributed by atoms with Gasteiger partial charge in [-0.15, -0.1) is 0 Å². The molecule has 0 spiro atoms. The summed E-state index contributed by atoms with van der Waals surface area (Å²) in [6.45, 7) is 13.1. The summed E-state index contributed by atoms with van der Waals surface area (Å²) in [5.74, 6) is 0.454. The average Bonchev–Trinajstić information content (AvgIpc) is 3.23. The second-order valence-electron chi connectivity index (χ2n) is 7.23. The van der Waals surface area contributed by atoms with Crippen LogP contribution in [-0.4, -0.2) is 9.78 Å². The lowest BCUT2D eigenvalue weighted by Crippen LogP contribution is -2.16. The number of rotatable bonds is 2. The van der Waals surface area contributed by atoms with E-state index in [1.54, 1.807) is 0 Å². The molecular formula is C23H28N2. The van der Waals surface area contributed by atoms with E-state index in [1.165, 1.54) is 33.5 Å². The highest BCUT2D eigenvalue weighted by molar-refractivity contribution is 5.82. The van der Waals surface area contributed by atoms with E-state index < -0.39 is 0 Å². The van der Waals surface area contributed by atoms with Gasteiger partial charge in [-0.2, -0.15) is 5.10 Å². The van der Waals surface area contributed by atoms with Gasteiger partial charge in [-0.25, -0.2) is 4.68 Å². The van der Waals surface area contributed by atoms with E-state index in [-0.39, 0.29) is 5.41 Å². The first-order valence-electron chi connectivity index (χ1n) is 9.28. The predicted octanol–water partition coefficient (Wildman–Crippen LogP) is 6.33. The molecule has 2 aromatic carbocycles. The Morgan fingerprint density at radius 3 is 2.28 bits per heavy atom. The van der Waals surface area contributed by atoms with E-state index in [0.29, 0.717) is 5.92 Å². The summed E-state index contributed by atoms with van der Waals surface area (Å²) < 4.78 is 1.99. The van der Waals surface area contributed by atoms with Crippen molar-refractivity contribution in [2.75, 3.05) is 0 Å². The molecule has 0 bridgehead atoms. The molecule has 0 saturated carbocycles. The topological polar surface area (TPSA) is 17.8 Å². The van der Waals surface area contributed by atoms with Crippen molar-refractivity contribution in [3.8, 4) is 16.8 Å². The van der Waals surface area contributed by atoms with Crippen molar-refractivity contribution in [1.29, 1.82) is 0 Å². The highest BCUT2D eigenvalue weighted by Gasteiger charge is 2.36. The third-order valence-corrected chi connectivity index (χ3v) is 5.10. The Morgan fingerprint density at radius 1 is 0.920 bits per heavy atom. The second-order valence-corrected chi connectivity index (χ2v) is 7.23. The first-order chi connectivity index (χ1) is 12.0. The number of hydrogen-bond acceptors (Lipinski definition) is 1. The van der Waals surface area contributed by atoms with Crippen LogP contribution in [0.15, 0.2) is 54.9 Å². The van der Waals surface area contributed by atoms with E-state index in [2.05, 4.69) is 69.2 Å². The Bertz CT molecular complexity index is 871. The van der Waals surface area contributed by atoms with Crippen LogP contribution in [-0.2, 0) is 5.41 Å². The molecule has 0 unspecified atom stereocenters. The monoisotopic (exact) mass is 332 g/mol. The summed E-state index contributed by atoms with van der Waals surface area (Å²) in [7, 11) is 0. The molecule has 0 amide bonds. The van der Waals surface area contributed by atoms with Gasteiger partial charge in [0.15, 0.2) is 0 Å². The Balaban J connectivity index is 0.000000880. The van der Waals surface area contributed by atoms with E-state index in [4.69, 9.17) is 0 Å². The second kappa shape index (κ2) is 6.51. The summed E-state index contributed by atoms with van der Waals surface area (Å²) in [4.78, 5) is 0. The zero-order chi connectivity index (χ0) is 18.2. The molecule has 4 rings (SSSR count). The highest BCUT2D eigenvalue weighted by Crippen LogP contribution is 2.50. The van der Waals surface area contributed by atoms with Crippen molar-refractivity contribution in [2.24, 2.45) is 0 Å². The van der Waals surface area contributed by atoms with Gasteiger partial charge in [-0.1, -0.05) is 65.8 Å². The summed E-state index contributed by atoms with van der Waals surface area (Å²) >= 11 is 0. The molecular weight excluding hydrogens is 304 g/mol. The zero-order valence-corrected chi connectivity index (χ0v) is 16.2. The fourth-order valence-corrected chi connectivity index (χ4v) is 3.83. The van der Waals surface area contributed by atoms with Crippen LogP contribution in [0.2, 0.25) is 0 Å². The van der Waals surface area contributed by atoms with Crippen LogP contribution >= 0.6 is 0 Å². The fourth-order valence-electron chi connectivity index (χ4n) is 3.83. The Hall–Kier alpha value is -2.35. The lowest BCUT2D eigenvalue weighted by atomic mass is 9.81. The number of hydrogen-bond donors (Lipinski definition) is 0. The van der Waals surface area contributed by atoms with Crippen molar-refractivity contribution < 1.29 is 0 Å². The summed E-state index contributed by atoms with van der Waals surface area (Å²) in [5.41, 5.74) is 8.15. The van der Waals surface area contributed by atoms with Gasteiger partial charge >= 0.3 is 0 Å². The van der Waals surface area contributed by atoms with Gasteiger partial charge in [-0.3, -0.25) is 0 Å². The standard InChI is InChI=1S/C21H22N2.C2H6/c1-14(2)16-12-17-15-8-5-6-9-18(15)21(3,4)19(17)13-20(16)23-11-7-10-22-23;1-2/h5-14H,1-4H3;1-2H3. The molecule has 1 heterocycles. The SMILES string of the molecule is CC.CC(C)c1cc2c(cc1-n1cccn1)C(C)(C)c1ccccc1-2. The predicted molar refractivity (Wildman–Crippen MR) is 107 cm³/mol. The zero-order valence-electron chi connectivity index (χ0n) is 16.2. The molecule has 25 heavy (non-hydrogen) atoms. The molecule has 2 nitrogen and oxygen atoms in total. The molecule has 0 atom stereocenters. The summed E-state index contributed by atoms with van der Waals surface area (Å²) in [6.07, 6.45) is 3.87. The largest absolute Gasteiger partial charge is 0.241 e. The van der Waals surface area contributed by atoms with Crippen molar-refractivity contribution in [3.05, 3.63) is 71.5 Å². The number of aromatic nitrogens is 2. The van der Waals surface area contributed by atoms with Crippen LogP contribution in [0.25, 0.3) is 16.8 Å². The fraction of sp³-hybridized carbons (Fsp3) is 0.348. The number of nitrogens with zero attached hydrogens (tertiary/aromatic N) is 2. The minimum Gasteiger partial charge on any atom is -0.241 e. The maximum absolute atomic E-state index is 4.47. The molecule has 0 radical (unpaired) electrons. The lowest BCUT2D eigenvalue weighted by molar-refractivity contribution is 0.658. The summed E-state index contributed by atoms with van der Waals surface area (Å²) in [6, 6.07) is 15.5. The molecule has 1 aliphatic carbocycles. The lowest BCUT2D eigenvalue weighted by Gasteiger charge is -2.23. The minimum atomic E-state index is 0.0311. The molecule has 2 heteroatoms. The van der Waals surface area contributed by atoms with E-state index in [9.17, 15) is 0 Å². The van der Waals surface area contributed by atoms with Gasteiger partial charge in [0.2, 0.25) is 0 Å². The molecule has 3 aromatic rings. The quantitative estimate of drug-likeness (QED) is 0.536. The first-order valence-corrected chi connectivity index (χ1v) is 9.28. The molecule has 0 saturated heterocycles. The van der Waals surface area contributed by atoms with Gasteiger partial charge in [0.05, 0.1) is 5.69 Å². The Kier molecular flexibility index (Phi) is 4.55. The molecule has 0 fully saturated rings. The first kappa shape index (κ1) is 17.5. The highest BCUT2D eigenvalue weighted by atomic mass is 15.3. The van der Waals surface area contributed by atoms with Crippen molar-refractivity contribution in [2.45, 2.75) is 52.9 Å². The van der Waals surface area contributed by atoms with Crippen molar-refractivity contribution in [1.82, 2.24) is 9.78 Å². The van der Waals surface area contributed by atoms with Gasteiger partial charge in [0, 0.05) is 17.8 Å². The smallest absolute Gasteiger partial charge is 0.0683 e. The minimum absolute atomic E-state index is 0.0311. The van der Waals surface area contributed by atoms with Crippen LogP contribution in [0.4, 0.5) is 0 Å². The molecule has 130 valence electrons. The van der Waals surface area contributed by atoms with Crippen molar-refractivity contribution >= 4 is 0 Å². The van der Waals surface area contributed by atoms with Crippen LogP contribution in [0, 0.1) is 0 Å². The molecule has 0 aliphatic heterocycles. The third kappa shape index (κ3) is 2.70. The summed E-state index contributed by atoms with van der Waals surface area (Å²) in [5, 5.41) is 4.47. The maximum Gasteiger partial charge on any atom is 0.0683 e. The van der Waals surface area contributed by atoms with Gasteiger partial charge < -0.3 is 0 Å². The molecule has 0 N–H and O–H groups in total. The van der Waals surface area contributed by atoms with E-state index in [1.807, 2.05) is 37.0 Å². The van der Waals surface area contributed by atoms with Crippen LogP contribution < -0.4 is 0 Å². The van der Waals surface area contributed by atoms with E-state index >= 15 is 0 Å². The van der Waals surface area contributed by atoms with Gasteiger partial charge in [-0.05, 0) is 51.9 Å². The Labute approximate surface area is 151 Å². The number of benzene rings is 2. The number of fused-ring (bicyclic) bond motifs is 3. The molecule has 1 aliphatic rings. The molecule has 1 aromatic heterocycles. The Morgan fingerprint density at radius 2 is 1.64 bits per heavy atom. The van der Waals surface area contributed by atoms with Gasteiger partial charge in [0.1, 0.15) is 0 Å². The van der Waals surface area contributed by atoms with Crippen LogP contribution in [0.5, 0.6) is 0 Å². The van der Waals surface area contributed by atoms with Gasteiger partial charge in [0.25, 0.3) is 0 Å². The third-order valence-electron chi connectivity index (χ3n) is 5.10. The maximum atomic E-state index is 4.47. The average molecular weight is 332 g/mol. The van der Waals surface area contributed by atoms with Crippen molar-refractivity contribution in [3.63, 3.8) is 0 Å². The van der Waals surface area contributed by atoms with Crippen LogP contribution in [0.1, 0.15) is 64.2 Å². The van der Waals surface area contributed by atoms with Crippen LogP contribution in [0.3, 0.4) is 0 Å². The normalized spacial score (nSPS) is 13.9.